The number of phenolic OH excluding ortho intramolecular Hbond substituents is 1. The fourth-order valence-electron chi connectivity index (χ4n) is 5.65. The summed E-state index contributed by atoms with van der Waals surface area (Å²) in [6.07, 6.45) is 5.66. The van der Waals surface area contributed by atoms with Crippen molar-refractivity contribution in [1.82, 2.24) is 4.90 Å². The van der Waals surface area contributed by atoms with Crippen LogP contribution in [0, 0.1) is 17.8 Å². The van der Waals surface area contributed by atoms with Crippen molar-refractivity contribution in [2.75, 3.05) is 19.8 Å². The number of aromatic hydroxyl groups is 1. The Morgan fingerprint density at radius 3 is 2.72 bits per heavy atom. The molecule has 0 radical (unpaired) electrons. The van der Waals surface area contributed by atoms with E-state index in [1.54, 1.807) is 12.1 Å². The van der Waals surface area contributed by atoms with Crippen molar-refractivity contribution in [3.8, 4) is 5.75 Å². The first-order valence-corrected chi connectivity index (χ1v) is 11.8. The lowest BCUT2D eigenvalue weighted by Crippen LogP contribution is -2.35. The summed E-state index contributed by atoms with van der Waals surface area (Å²) in [6.45, 7) is 4.88. The summed E-state index contributed by atoms with van der Waals surface area (Å²) < 4.78 is 6.17. The third kappa shape index (κ3) is 4.14. The monoisotopic (exact) mass is 439 g/mol. The molecule has 4 atom stereocenters. The van der Waals surface area contributed by atoms with Gasteiger partial charge < -0.3 is 14.9 Å². The Morgan fingerprint density at radius 1 is 1.22 bits per heavy atom. The van der Waals surface area contributed by atoms with Crippen molar-refractivity contribution >= 4 is 17.9 Å². The van der Waals surface area contributed by atoms with E-state index in [0.29, 0.717) is 19.6 Å². The second kappa shape index (κ2) is 9.59. The number of aliphatic hydroxyl groups excluding tert-OH is 1. The second-order valence-corrected chi connectivity index (χ2v) is 9.10. The third-order valence-corrected chi connectivity index (χ3v) is 7.16. The van der Waals surface area contributed by atoms with Crippen LogP contribution in [0.5, 0.6) is 5.75 Å². The Kier molecular flexibility index (Phi) is 6.82. The van der Waals surface area contributed by atoms with Crippen molar-refractivity contribution in [3.63, 3.8) is 0 Å². The highest BCUT2D eigenvalue weighted by Crippen LogP contribution is 2.49. The number of rotatable bonds is 8. The van der Waals surface area contributed by atoms with Crippen LogP contribution in [-0.4, -0.2) is 52.8 Å². The third-order valence-electron chi connectivity index (χ3n) is 7.16. The molecule has 2 aliphatic heterocycles. The minimum atomic E-state index is -0.357. The number of hydrogen-bond donors (Lipinski definition) is 2. The van der Waals surface area contributed by atoms with Crippen LogP contribution in [0.3, 0.4) is 0 Å². The van der Waals surface area contributed by atoms with Crippen LogP contribution in [0.1, 0.15) is 51.5 Å². The van der Waals surface area contributed by atoms with Gasteiger partial charge in [-0.25, -0.2) is 0 Å². The van der Waals surface area contributed by atoms with Crippen LogP contribution in [0.2, 0.25) is 0 Å². The van der Waals surface area contributed by atoms with Crippen molar-refractivity contribution in [1.29, 1.82) is 0 Å². The van der Waals surface area contributed by atoms with E-state index in [0.717, 1.165) is 42.4 Å². The fourth-order valence-corrected chi connectivity index (χ4v) is 5.65. The van der Waals surface area contributed by atoms with Crippen LogP contribution in [-0.2, 0) is 14.3 Å². The summed E-state index contributed by atoms with van der Waals surface area (Å²) in [5, 5.41) is 19.8. The highest BCUT2D eigenvalue weighted by atomic mass is 16.5. The van der Waals surface area contributed by atoms with E-state index in [1.807, 2.05) is 19.1 Å². The normalized spacial score (nSPS) is 27.8. The average Bonchev–Trinajstić information content (AvgIpc) is 3.31. The number of likely N-dealkylation sites (tertiary alicyclic amines) is 1. The summed E-state index contributed by atoms with van der Waals surface area (Å²) in [5.41, 5.74) is 4.16. The Bertz CT molecular complexity index is 949. The highest BCUT2D eigenvalue weighted by molar-refractivity contribution is 6.05. The predicted octanol–water partition coefficient (Wildman–Crippen LogP) is 3.68. The zero-order valence-corrected chi connectivity index (χ0v) is 18.9. The van der Waals surface area contributed by atoms with Gasteiger partial charge in [-0.3, -0.25) is 14.5 Å². The van der Waals surface area contributed by atoms with E-state index < -0.39 is 0 Å². The van der Waals surface area contributed by atoms with Crippen LogP contribution < -0.4 is 0 Å². The van der Waals surface area contributed by atoms with Crippen LogP contribution in [0.15, 0.2) is 41.0 Å². The predicted molar refractivity (Wildman–Crippen MR) is 122 cm³/mol. The first-order valence-electron chi connectivity index (χ1n) is 11.8. The summed E-state index contributed by atoms with van der Waals surface area (Å²) in [7, 11) is 0. The zero-order chi connectivity index (χ0) is 22.8. The smallest absolute Gasteiger partial charge is 0.233 e. The molecule has 1 aromatic rings. The molecule has 2 amide bonds. The molecule has 0 unspecified atom stereocenters. The zero-order valence-electron chi connectivity index (χ0n) is 18.9. The van der Waals surface area contributed by atoms with E-state index in [9.17, 15) is 19.8 Å². The van der Waals surface area contributed by atoms with E-state index in [1.165, 1.54) is 10.5 Å². The number of allylic oxidation sites excluding steroid dienone is 1. The minimum Gasteiger partial charge on any atom is -0.508 e. The molecular formula is C26H33NO5. The topological polar surface area (TPSA) is 87.1 Å². The van der Waals surface area contributed by atoms with Gasteiger partial charge in [0.05, 0.1) is 31.2 Å². The number of fused-ring (bicyclic) bond motifs is 3. The molecule has 3 aliphatic rings. The maximum Gasteiger partial charge on any atom is 0.233 e. The molecule has 32 heavy (non-hydrogen) atoms. The van der Waals surface area contributed by atoms with Gasteiger partial charge in [-0.05, 0) is 60.9 Å². The lowest BCUT2D eigenvalue weighted by molar-refractivity contribution is -0.140. The standard InChI is InChI=1S/C26H33NO5/c1-3-10-27-25(30)20-13-18(14-28)23-21(24(20)26(27)31)15-32-22(23)9-8-16(4-2)11-17-6-5-7-19(29)12-17/h5-7,11-12,20-22,24,28-29H,3-4,8-10,13-15H2,1-2H3/b16-11+/t20-,21+,22-,24-/m1/s1. The first-order chi connectivity index (χ1) is 15.5. The molecule has 2 fully saturated rings. The van der Waals surface area contributed by atoms with Gasteiger partial charge in [-0.1, -0.05) is 37.6 Å². The van der Waals surface area contributed by atoms with Gasteiger partial charge in [-0.2, -0.15) is 0 Å². The number of aliphatic hydroxyl groups is 1. The number of phenols is 1. The van der Waals surface area contributed by atoms with Gasteiger partial charge in [0.2, 0.25) is 11.8 Å². The molecule has 1 aromatic carbocycles. The molecule has 0 spiro atoms. The Balaban J connectivity index is 1.52. The molecule has 0 bridgehead atoms. The number of benzene rings is 1. The molecule has 2 N–H and O–H groups in total. The lowest BCUT2D eigenvalue weighted by atomic mass is 9.69. The van der Waals surface area contributed by atoms with Gasteiger partial charge in [0, 0.05) is 12.5 Å². The van der Waals surface area contributed by atoms with E-state index in [-0.39, 0.29) is 48.0 Å². The molecule has 2 heterocycles. The molecule has 1 aliphatic carbocycles. The Hall–Kier alpha value is -2.44. The molecule has 4 rings (SSSR count). The Morgan fingerprint density at radius 2 is 2.03 bits per heavy atom. The molecule has 6 heteroatoms. The first kappa shape index (κ1) is 22.7. The molecule has 0 aromatic heterocycles. The summed E-state index contributed by atoms with van der Waals surface area (Å²) in [5.74, 6) is -0.721. The number of amides is 2. The number of hydrogen-bond acceptors (Lipinski definition) is 5. The fraction of sp³-hybridized carbons (Fsp3) is 0.538. The molecule has 172 valence electrons. The molecule has 6 nitrogen and oxygen atoms in total. The van der Waals surface area contributed by atoms with E-state index >= 15 is 0 Å². The average molecular weight is 440 g/mol. The van der Waals surface area contributed by atoms with Crippen LogP contribution in [0.4, 0.5) is 0 Å². The number of imide groups is 1. The van der Waals surface area contributed by atoms with Gasteiger partial charge in [0.1, 0.15) is 5.75 Å². The SMILES string of the molecule is CCCN1C(=O)[C@@H]2[C@@H](CC(CO)=C3[C@@H](CC/C(=C/c4cccc(O)c4)CC)OC[C@@H]32)C1=O. The van der Waals surface area contributed by atoms with E-state index in [4.69, 9.17) is 4.74 Å². The van der Waals surface area contributed by atoms with Crippen LogP contribution >= 0.6 is 0 Å². The van der Waals surface area contributed by atoms with Crippen LogP contribution in [0.25, 0.3) is 6.08 Å². The number of nitrogens with zero attached hydrogens (tertiary/aromatic N) is 1. The largest absolute Gasteiger partial charge is 0.508 e. The number of carbonyl (C=O) groups excluding carboxylic acids is 2. The number of ether oxygens (including phenoxy) is 1. The molecule has 0 saturated carbocycles. The second-order valence-electron chi connectivity index (χ2n) is 9.10. The van der Waals surface area contributed by atoms with Crippen molar-refractivity contribution < 1.29 is 24.5 Å². The summed E-state index contributed by atoms with van der Waals surface area (Å²) in [6, 6.07) is 7.20. The molecule has 2 saturated heterocycles. The van der Waals surface area contributed by atoms with Gasteiger partial charge in [0.25, 0.3) is 0 Å². The van der Waals surface area contributed by atoms with Crippen molar-refractivity contribution in [3.05, 3.63) is 46.5 Å². The maximum atomic E-state index is 13.1. The summed E-state index contributed by atoms with van der Waals surface area (Å²) in [4.78, 5) is 27.3. The van der Waals surface area contributed by atoms with Gasteiger partial charge in [-0.15, -0.1) is 0 Å². The maximum absolute atomic E-state index is 13.1. The van der Waals surface area contributed by atoms with Gasteiger partial charge in [0.15, 0.2) is 0 Å². The van der Waals surface area contributed by atoms with Crippen molar-refractivity contribution in [2.45, 2.75) is 52.1 Å². The Labute approximate surface area is 189 Å². The van der Waals surface area contributed by atoms with Gasteiger partial charge >= 0.3 is 0 Å². The summed E-state index contributed by atoms with van der Waals surface area (Å²) >= 11 is 0. The molecular weight excluding hydrogens is 406 g/mol. The highest BCUT2D eigenvalue weighted by Gasteiger charge is 2.56. The van der Waals surface area contributed by atoms with Crippen molar-refractivity contribution in [2.24, 2.45) is 17.8 Å². The minimum absolute atomic E-state index is 0.0661. The van der Waals surface area contributed by atoms with E-state index in [2.05, 4.69) is 13.0 Å². The quantitative estimate of drug-likeness (QED) is 0.477. The lowest BCUT2D eigenvalue weighted by Gasteiger charge is -2.31. The number of carbonyl (C=O) groups is 2.